The Bertz CT molecular complexity index is 898. The Morgan fingerprint density at radius 3 is 2.63 bits per heavy atom. The van der Waals surface area contributed by atoms with E-state index in [1.807, 2.05) is 42.6 Å². The SMILES string of the molecule is CCN1C(=CC=CC=Nc2ccccc2)C(C)(CCCSOOO)c2ccccc21. The van der Waals surface area contributed by atoms with Crippen LogP contribution in [0.15, 0.2) is 83.5 Å². The average molecular weight is 425 g/mol. The normalized spacial score (nSPS) is 20.0. The lowest BCUT2D eigenvalue weighted by Crippen LogP contribution is -2.28. The van der Waals surface area contributed by atoms with Crippen LogP contribution < -0.4 is 4.90 Å². The van der Waals surface area contributed by atoms with E-state index < -0.39 is 0 Å². The number of hydrogen-bond donors (Lipinski definition) is 1. The molecule has 1 aliphatic heterocycles. The number of nitrogens with zero attached hydrogens (tertiary/aromatic N) is 2. The maximum Gasteiger partial charge on any atom is 0.0629 e. The first-order valence-electron chi connectivity index (χ1n) is 10.1. The lowest BCUT2D eigenvalue weighted by molar-refractivity contribution is -0.432. The third-order valence-electron chi connectivity index (χ3n) is 5.38. The standard InChI is InChI=1S/C24H28N2O3S/c1-3-26-22-15-8-7-14-21(22)24(2,17-11-19-30-29-28-27)23(26)16-9-10-18-25-20-12-5-4-6-13-20/h4-10,12-16,18,27H,3,11,17,19H2,1-2H3. The molecule has 1 N–H and O–H groups in total. The van der Waals surface area contributed by atoms with Crippen molar-refractivity contribution in [3.8, 4) is 0 Å². The first-order valence-corrected chi connectivity index (χ1v) is 11.0. The van der Waals surface area contributed by atoms with Crippen LogP contribution >= 0.6 is 12.0 Å². The quantitative estimate of drug-likeness (QED) is 0.156. The summed E-state index contributed by atoms with van der Waals surface area (Å²) in [4.78, 5) is 6.84. The number of anilines is 1. The minimum atomic E-state index is -0.103. The van der Waals surface area contributed by atoms with Crippen LogP contribution in [0.25, 0.3) is 0 Å². The van der Waals surface area contributed by atoms with Gasteiger partial charge in [0.25, 0.3) is 0 Å². The lowest BCUT2D eigenvalue weighted by atomic mass is 9.77. The van der Waals surface area contributed by atoms with Crippen LogP contribution in [0, 0.1) is 0 Å². The van der Waals surface area contributed by atoms with Gasteiger partial charge in [0.15, 0.2) is 0 Å². The van der Waals surface area contributed by atoms with Crippen molar-refractivity contribution in [1.82, 2.24) is 0 Å². The zero-order valence-corrected chi connectivity index (χ0v) is 18.2. The molecule has 0 amide bonds. The highest BCUT2D eigenvalue weighted by Gasteiger charge is 2.42. The second kappa shape index (κ2) is 11.1. The van der Waals surface area contributed by atoms with Crippen molar-refractivity contribution in [1.29, 1.82) is 0 Å². The number of fused-ring (bicyclic) bond motifs is 1. The third kappa shape index (κ3) is 5.21. The van der Waals surface area contributed by atoms with E-state index in [1.165, 1.54) is 16.9 Å². The summed E-state index contributed by atoms with van der Waals surface area (Å²) in [7, 11) is 0. The summed E-state index contributed by atoms with van der Waals surface area (Å²) >= 11 is 1.11. The molecular weight excluding hydrogens is 396 g/mol. The van der Waals surface area contributed by atoms with E-state index in [0.29, 0.717) is 0 Å². The Labute approximate surface area is 182 Å². The van der Waals surface area contributed by atoms with Crippen molar-refractivity contribution < 1.29 is 14.6 Å². The van der Waals surface area contributed by atoms with E-state index in [-0.39, 0.29) is 5.41 Å². The molecule has 0 radical (unpaired) electrons. The Morgan fingerprint density at radius 2 is 1.87 bits per heavy atom. The molecule has 1 heterocycles. The highest BCUT2D eigenvalue weighted by molar-refractivity contribution is 7.94. The summed E-state index contributed by atoms with van der Waals surface area (Å²) in [6.45, 7) is 5.38. The predicted molar refractivity (Wildman–Crippen MR) is 125 cm³/mol. The minimum absolute atomic E-state index is 0.103. The molecule has 5 nitrogen and oxygen atoms in total. The molecule has 0 fully saturated rings. The van der Waals surface area contributed by atoms with Gasteiger partial charge in [0.1, 0.15) is 0 Å². The summed E-state index contributed by atoms with van der Waals surface area (Å²) in [6, 6.07) is 18.5. The van der Waals surface area contributed by atoms with Gasteiger partial charge in [0.05, 0.1) is 5.69 Å². The summed E-state index contributed by atoms with van der Waals surface area (Å²) in [5, 5.41) is 12.0. The molecule has 0 bridgehead atoms. The second-order valence-electron chi connectivity index (χ2n) is 7.21. The Kier molecular flexibility index (Phi) is 8.28. The Hall–Kier alpha value is -2.38. The molecule has 1 unspecified atom stereocenters. The fraction of sp³-hybridized carbons (Fsp3) is 0.292. The van der Waals surface area contributed by atoms with Gasteiger partial charge in [-0.25, -0.2) is 5.26 Å². The molecule has 30 heavy (non-hydrogen) atoms. The smallest absolute Gasteiger partial charge is 0.0629 e. The van der Waals surface area contributed by atoms with Gasteiger partial charge >= 0.3 is 0 Å². The van der Waals surface area contributed by atoms with Crippen LogP contribution in [0.2, 0.25) is 0 Å². The van der Waals surface area contributed by atoms with E-state index in [9.17, 15) is 0 Å². The van der Waals surface area contributed by atoms with Crippen LogP contribution in [0.5, 0.6) is 0 Å². The third-order valence-corrected chi connectivity index (χ3v) is 5.99. The van der Waals surface area contributed by atoms with Crippen LogP contribution in [0.1, 0.15) is 32.3 Å². The lowest BCUT2D eigenvalue weighted by Gasteiger charge is -2.29. The fourth-order valence-electron chi connectivity index (χ4n) is 4.00. The van der Waals surface area contributed by atoms with Gasteiger partial charge in [0.2, 0.25) is 0 Å². The monoisotopic (exact) mass is 424 g/mol. The van der Waals surface area contributed by atoms with E-state index in [4.69, 9.17) is 5.26 Å². The molecule has 158 valence electrons. The molecule has 0 spiro atoms. The molecule has 1 aliphatic rings. The fourth-order valence-corrected chi connectivity index (χ4v) is 4.37. The van der Waals surface area contributed by atoms with Gasteiger partial charge in [0, 0.05) is 47.4 Å². The highest BCUT2D eigenvalue weighted by atomic mass is 32.2. The number of rotatable bonds is 10. The maximum atomic E-state index is 8.30. The van der Waals surface area contributed by atoms with Gasteiger partial charge in [-0.3, -0.25) is 4.99 Å². The van der Waals surface area contributed by atoms with Crippen molar-refractivity contribution in [2.24, 2.45) is 4.99 Å². The number of hydrogen-bond acceptors (Lipinski definition) is 6. The number of para-hydroxylation sites is 2. The van der Waals surface area contributed by atoms with Crippen molar-refractivity contribution in [3.63, 3.8) is 0 Å². The average Bonchev–Trinajstić information content (AvgIpc) is 3.02. The number of benzene rings is 2. The molecule has 6 heteroatoms. The van der Waals surface area contributed by atoms with Crippen molar-refractivity contribution in [2.75, 3.05) is 17.2 Å². The largest absolute Gasteiger partial charge is 0.344 e. The van der Waals surface area contributed by atoms with Gasteiger partial charge < -0.3 is 4.90 Å². The zero-order chi connectivity index (χ0) is 21.2. The second-order valence-corrected chi connectivity index (χ2v) is 7.99. The molecule has 1 atom stereocenters. The van der Waals surface area contributed by atoms with E-state index in [0.717, 1.165) is 42.9 Å². The molecule has 2 aromatic rings. The summed E-state index contributed by atoms with van der Waals surface area (Å²) in [5.74, 6) is 0.733. The number of allylic oxidation sites excluding steroid dienone is 4. The molecular formula is C24H28N2O3S. The molecule has 0 saturated carbocycles. The summed E-state index contributed by atoms with van der Waals surface area (Å²) < 4.78 is 4.52. The van der Waals surface area contributed by atoms with Gasteiger partial charge in [-0.1, -0.05) is 47.5 Å². The number of aliphatic imine (C=N–C) groups is 1. The van der Waals surface area contributed by atoms with Gasteiger partial charge in [-0.15, -0.1) is 4.33 Å². The molecule has 0 aromatic heterocycles. The van der Waals surface area contributed by atoms with Crippen molar-refractivity contribution in [2.45, 2.75) is 32.1 Å². The van der Waals surface area contributed by atoms with Crippen molar-refractivity contribution >= 4 is 29.6 Å². The summed E-state index contributed by atoms with van der Waals surface area (Å²) in [6.07, 6.45) is 9.94. The van der Waals surface area contributed by atoms with Crippen LogP contribution in [-0.4, -0.2) is 23.8 Å². The number of likely N-dealkylation sites (N-methyl/N-ethyl adjacent to an activating group) is 1. The minimum Gasteiger partial charge on any atom is -0.344 e. The molecule has 3 rings (SSSR count). The first-order chi connectivity index (χ1) is 14.7. The van der Waals surface area contributed by atoms with Gasteiger partial charge in [-0.05, 0) is 62.6 Å². The van der Waals surface area contributed by atoms with E-state index >= 15 is 0 Å². The van der Waals surface area contributed by atoms with Crippen molar-refractivity contribution in [3.05, 3.63) is 84.1 Å². The molecule has 0 aliphatic carbocycles. The maximum absolute atomic E-state index is 8.30. The van der Waals surface area contributed by atoms with Crippen LogP contribution in [0.4, 0.5) is 11.4 Å². The predicted octanol–water partition coefficient (Wildman–Crippen LogP) is 6.48. The Balaban J connectivity index is 1.80. The van der Waals surface area contributed by atoms with E-state index in [1.54, 1.807) is 0 Å². The zero-order valence-electron chi connectivity index (χ0n) is 17.4. The summed E-state index contributed by atoms with van der Waals surface area (Å²) in [5.41, 5.74) is 4.72. The highest BCUT2D eigenvalue weighted by Crippen LogP contribution is 2.50. The Morgan fingerprint density at radius 1 is 1.10 bits per heavy atom. The van der Waals surface area contributed by atoms with E-state index in [2.05, 4.69) is 69.5 Å². The first kappa shape index (κ1) is 22.3. The topological polar surface area (TPSA) is 54.3 Å². The van der Waals surface area contributed by atoms with Gasteiger partial charge in [-0.2, -0.15) is 0 Å². The molecule has 2 aromatic carbocycles. The van der Waals surface area contributed by atoms with Crippen LogP contribution in [-0.2, 0) is 14.8 Å². The van der Waals surface area contributed by atoms with Crippen LogP contribution in [0.3, 0.4) is 0 Å². The molecule has 0 saturated heterocycles.